The van der Waals surface area contributed by atoms with Crippen LogP contribution in [0.5, 0.6) is 0 Å². The number of hydrogen-bond donors (Lipinski definition) is 0. The van der Waals surface area contributed by atoms with Crippen LogP contribution in [0.25, 0.3) is 11.0 Å². The Morgan fingerprint density at radius 2 is 1.70 bits per heavy atom. The van der Waals surface area contributed by atoms with E-state index < -0.39 is 18.3 Å². The summed E-state index contributed by atoms with van der Waals surface area (Å²) in [5.41, 5.74) is 0.975. The summed E-state index contributed by atoms with van der Waals surface area (Å²) in [6.07, 6.45) is 0. The number of fused-ring (bicyclic) bond motifs is 1. The molecule has 1 aromatic heterocycles. The molecule has 1 aliphatic heterocycles. The Hall–Kier alpha value is -1.40. The fourth-order valence-corrected chi connectivity index (χ4v) is 3.06. The van der Waals surface area contributed by atoms with Gasteiger partial charge in [0.15, 0.2) is 5.82 Å². The van der Waals surface area contributed by atoms with Gasteiger partial charge in [-0.05, 0) is 66.1 Å². The van der Waals surface area contributed by atoms with Crippen molar-refractivity contribution in [3.8, 4) is 0 Å². The van der Waals surface area contributed by atoms with Gasteiger partial charge in [0.1, 0.15) is 11.3 Å². The lowest BCUT2D eigenvalue weighted by molar-refractivity contribution is 0.00578. The Morgan fingerprint density at radius 3 is 2.22 bits per heavy atom. The van der Waals surface area contributed by atoms with Crippen LogP contribution in [0.4, 0.5) is 4.39 Å². The molecule has 2 aromatic rings. The molecule has 3 rings (SSSR count). The van der Waals surface area contributed by atoms with Gasteiger partial charge in [0.05, 0.1) is 16.7 Å². The third kappa shape index (κ3) is 2.48. The van der Waals surface area contributed by atoms with Crippen LogP contribution >= 0.6 is 0 Å². The van der Waals surface area contributed by atoms with E-state index in [2.05, 4.69) is 18.8 Å². The zero-order valence-electron chi connectivity index (χ0n) is 14.9. The fraction of sp³-hybridized carbons (Fsp3) is 0.588. The molecule has 1 fully saturated rings. The van der Waals surface area contributed by atoms with Gasteiger partial charge < -0.3 is 13.9 Å². The normalized spacial score (nSPS) is 20.0. The molecule has 0 saturated carbocycles. The molecule has 23 heavy (non-hydrogen) atoms. The van der Waals surface area contributed by atoms with E-state index in [1.165, 1.54) is 6.07 Å². The highest BCUT2D eigenvalue weighted by Crippen LogP contribution is 2.36. The monoisotopic (exact) mass is 318 g/mol. The first-order valence-corrected chi connectivity index (χ1v) is 8.07. The number of aromatic nitrogens is 2. The van der Waals surface area contributed by atoms with E-state index in [0.717, 1.165) is 11.3 Å². The minimum atomic E-state index is -0.574. The number of rotatable bonds is 2. The highest BCUT2D eigenvalue weighted by Gasteiger charge is 2.51. The van der Waals surface area contributed by atoms with Crippen LogP contribution < -0.4 is 5.46 Å². The number of imidazole rings is 1. The molecule has 1 saturated heterocycles. The molecular weight excluding hydrogens is 294 g/mol. The molecule has 0 radical (unpaired) electrons. The minimum absolute atomic E-state index is 0.202. The Morgan fingerprint density at radius 1 is 1.13 bits per heavy atom. The lowest BCUT2D eigenvalue weighted by Crippen LogP contribution is -2.41. The summed E-state index contributed by atoms with van der Waals surface area (Å²) in [7, 11) is -0.574. The molecule has 4 nitrogen and oxygen atoms in total. The van der Waals surface area contributed by atoms with Crippen molar-refractivity contribution in [2.75, 3.05) is 0 Å². The predicted octanol–water partition coefficient (Wildman–Crippen LogP) is 3.36. The van der Waals surface area contributed by atoms with Crippen molar-refractivity contribution < 1.29 is 13.7 Å². The molecule has 0 bridgehead atoms. The van der Waals surface area contributed by atoms with Gasteiger partial charge >= 0.3 is 7.12 Å². The molecule has 1 aliphatic rings. The SMILES string of the molecule is Cc1nc2c(F)cc(B3OC(C)(C)C(C)(C)O3)cc2n1C(C)C. The fourth-order valence-electron chi connectivity index (χ4n) is 3.06. The summed E-state index contributed by atoms with van der Waals surface area (Å²) in [5.74, 6) is 0.467. The molecule has 6 heteroatoms. The van der Waals surface area contributed by atoms with E-state index in [9.17, 15) is 4.39 Å². The quantitative estimate of drug-likeness (QED) is 0.797. The Labute approximate surface area is 137 Å². The highest BCUT2D eigenvalue weighted by molar-refractivity contribution is 6.62. The van der Waals surface area contributed by atoms with Gasteiger partial charge in [-0.1, -0.05) is 0 Å². The topological polar surface area (TPSA) is 36.3 Å². The molecule has 0 atom stereocenters. The van der Waals surface area contributed by atoms with Crippen molar-refractivity contribution in [1.82, 2.24) is 9.55 Å². The average Bonchev–Trinajstić information content (AvgIpc) is 2.83. The first kappa shape index (κ1) is 16.5. The number of aryl methyl sites for hydroxylation is 1. The van der Waals surface area contributed by atoms with Crippen molar-refractivity contribution >= 4 is 23.6 Å². The third-order valence-corrected chi connectivity index (χ3v) is 4.99. The molecule has 0 amide bonds. The van der Waals surface area contributed by atoms with Crippen LogP contribution in [0.1, 0.15) is 53.4 Å². The Bertz CT molecular complexity index is 752. The van der Waals surface area contributed by atoms with Crippen molar-refractivity contribution in [3.05, 3.63) is 23.8 Å². The molecular formula is C17H24BFN2O2. The molecule has 0 unspecified atom stereocenters. The summed E-state index contributed by atoms with van der Waals surface area (Å²) in [6, 6.07) is 3.61. The highest BCUT2D eigenvalue weighted by atomic mass is 19.1. The number of nitrogens with zero attached hydrogens (tertiary/aromatic N) is 2. The molecule has 0 aliphatic carbocycles. The van der Waals surface area contributed by atoms with Gasteiger partial charge in [-0.3, -0.25) is 0 Å². The van der Waals surface area contributed by atoms with Gasteiger partial charge in [0, 0.05) is 6.04 Å². The zero-order chi connectivity index (χ0) is 17.2. The maximum atomic E-state index is 14.6. The molecule has 2 heterocycles. The predicted molar refractivity (Wildman–Crippen MR) is 90.5 cm³/mol. The summed E-state index contributed by atoms with van der Waals surface area (Å²) in [4.78, 5) is 4.37. The van der Waals surface area contributed by atoms with E-state index in [-0.39, 0.29) is 11.9 Å². The first-order chi connectivity index (χ1) is 10.5. The van der Waals surface area contributed by atoms with Crippen molar-refractivity contribution in [1.29, 1.82) is 0 Å². The van der Waals surface area contributed by atoms with Crippen molar-refractivity contribution in [3.63, 3.8) is 0 Å². The number of halogens is 1. The molecule has 124 valence electrons. The Kier molecular flexibility index (Phi) is 3.61. The third-order valence-electron chi connectivity index (χ3n) is 4.99. The largest absolute Gasteiger partial charge is 0.495 e. The summed E-state index contributed by atoms with van der Waals surface area (Å²) in [5, 5.41) is 0. The van der Waals surface area contributed by atoms with Gasteiger partial charge in [0.2, 0.25) is 0 Å². The van der Waals surface area contributed by atoms with Gasteiger partial charge in [0.25, 0.3) is 0 Å². The van der Waals surface area contributed by atoms with E-state index in [0.29, 0.717) is 11.0 Å². The second-order valence-corrected chi connectivity index (χ2v) is 7.58. The number of hydrogen-bond acceptors (Lipinski definition) is 3. The lowest BCUT2D eigenvalue weighted by atomic mass is 9.79. The van der Waals surface area contributed by atoms with Crippen LogP contribution in [0.15, 0.2) is 12.1 Å². The van der Waals surface area contributed by atoms with Crippen LogP contribution in [0.2, 0.25) is 0 Å². The maximum Gasteiger partial charge on any atom is 0.495 e. The molecule has 1 aromatic carbocycles. The second-order valence-electron chi connectivity index (χ2n) is 7.58. The smallest absolute Gasteiger partial charge is 0.399 e. The lowest BCUT2D eigenvalue weighted by Gasteiger charge is -2.32. The number of benzene rings is 1. The average molecular weight is 318 g/mol. The maximum absolute atomic E-state index is 14.6. The zero-order valence-corrected chi connectivity index (χ0v) is 14.9. The minimum Gasteiger partial charge on any atom is -0.399 e. The van der Waals surface area contributed by atoms with Gasteiger partial charge in [-0.15, -0.1) is 0 Å². The second kappa shape index (κ2) is 5.05. The van der Waals surface area contributed by atoms with Crippen LogP contribution in [0.3, 0.4) is 0 Å². The van der Waals surface area contributed by atoms with E-state index in [4.69, 9.17) is 9.31 Å². The van der Waals surface area contributed by atoms with Crippen LogP contribution in [0, 0.1) is 12.7 Å². The summed E-state index contributed by atoms with van der Waals surface area (Å²) >= 11 is 0. The Balaban J connectivity index is 2.12. The van der Waals surface area contributed by atoms with Crippen molar-refractivity contribution in [2.45, 2.75) is 65.7 Å². The first-order valence-electron chi connectivity index (χ1n) is 8.07. The van der Waals surface area contributed by atoms with E-state index >= 15 is 0 Å². The molecule has 0 N–H and O–H groups in total. The van der Waals surface area contributed by atoms with Crippen LogP contribution in [-0.2, 0) is 9.31 Å². The van der Waals surface area contributed by atoms with Gasteiger partial charge in [-0.25, -0.2) is 9.37 Å². The van der Waals surface area contributed by atoms with Crippen LogP contribution in [-0.4, -0.2) is 27.9 Å². The summed E-state index contributed by atoms with van der Waals surface area (Å²) in [6.45, 7) is 14.0. The van der Waals surface area contributed by atoms with Crippen molar-refractivity contribution in [2.24, 2.45) is 0 Å². The summed E-state index contributed by atoms with van der Waals surface area (Å²) < 4.78 is 28.7. The molecule has 0 spiro atoms. The standard InChI is InChI=1S/C17H24BFN2O2/c1-10(2)21-11(3)20-15-13(19)8-12(9-14(15)21)18-22-16(4,5)17(6,7)23-18/h8-10H,1-7H3. The van der Waals surface area contributed by atoms with E-state index in [1.54, 1.807) is 0 Å². The van der Waals surface area contributed by atoms with E-state index in [1.807, 2.05) is 45.3 Å². The van der Waals surface area contributed by atoms with Gasteiger partial charge in [-0.2, -0.15) is 0 Å².